The third-order valence-corrected chi connectivity index (χ3v) is 2.21. The molecule has 0 heterocycles. The van der Waals surface area contributed by atoms with Crippen molar-refractivity contribution >= 4 is 5.78 Å². The first-order valence-corrected chi connectivity index (χ1v) is 5.18. The van der Waals surface area contributed by atoms with Crippen LogP contribution in [0.2, 0.25) is 0 Å². The van der Waals surface area contributed by atoms with E-state index in [-0.39, 0.29) is 0 Å². The molecule has 0 amide bonds. The molecular weight excluding hydrogens is 295 g/mol. The molecule has 0 fully saturated rings. The summed E-state index contributed by atoms with van der Waals surface area (Å²) in [6.45, 7) is -2.19. The van der Waals surface area contributed by atoms with Gasteiger partial charge in [-0.25, -0.2) is 4.39 Å². The quantitative estimate of drug-likeness (QED) is 0.684. The lowest BCUT2D eigenvalue weighted by atomic mass is 10.1. The molecule has 0 aliphatic heterocycles. The van der Waals surface area contributed by atoms with Crippen LogP contribution in [0.15, 0.2) is 18.2 Å². The van der Waals surface area contributed by atoms with Crippen LogP contribution in [0, 0.1) is 5.82 Å². The average molecular weight is 303 g/mol. The van der Waals surface area contributed by atoms with E-state index in [9.17, 15) is 35.5 Å². The van der Waals surface area contributed by atoms with Gasteiger partial charge in [0, 0.05) is 5.56 Å². The molecule has 20 heavy (non-hydrogen) atoms. The van der Waals surface area contributed by atoms with Crippen LogP contribution >= 0.6 is 0 Å². The maximum Gasteiger partial charge on any atom is 0.419 e. The van der Waals surface area contributed by atoms with Crippen molar-refractivity contribution in [2.24, 2.45) is 0 Å². The zero-order valence-electron chi connectivity index (χ0n) is 9.70. The Morgan fingerprint density at radius 3 is 2.15 bits per heavy atom. The zero-order chi connectivity index (χ0) is 15.6. The van der Waals surface area contributed by atoms with E-state index >= 15 is 0 Å². The minimum atomic E-state index is -4.90. The van der Waals surface area contributed by atoms with Gasteiger partial charge in [-0.05, 0) is 12.1 Å². The number of nitrogens with one attached hydrogen (secondary N) is 1. The molecule has 0 saturated heterocycles. The molecule has 0 unspecified atom stereocenters. The van der Waals surface area contributed by atoms with Gasteiger partial charge in [0.05, 0.1) is 18.7 Å². The van der Waals surface area contributed by atoms with Crippen LogP contribution in [-0.2, 0) is 6.18 Å². The first-order valence-electron chi connectivity index (χ1n) is 5.18. The molecule has 0 aliphatic carbocycles. The van der Waals surface area contributed by atoms with E-state index in [2.05, 4.69) is 0 Å². The van der Waals surface area contributed by atoms with Crippen LogP contribution < -0.4 is 5.32 Å². The summed E-state index contributed by atoms with van der Waals surface area (Å²) in [6.07, 6.45) is -9.42. The van der Waals surface area contributed by atoms with Crippen molar-refractivity contribution in [3.05, 3.63) is 35.1 Å². The maximum absolute atomic E-state index is 13.1. The lowest BCUT2D eigenvalue weighted by molar-refractivity contribution is -0.140. The van der Waals surface area contributed by atoms with E-state index in [1.807, 2.05) is 0 Å². The first-order chi connectivity index (χ1) is 9.00. The van der Waals surface area contributed by atoms with Crippen LogP contribution in [0.25, 0.3) is 0 Å². The van der Waals surface area contributed by atoms with Crippen molar-refractivity contribution in [2.45, 2.75) is 12.4 Å². The summed E-state index contributed by atoms with van der Waals surface area (Å²) in [6, 6.07) is 1.43. The molecule has 0 bridgehead atoms. The summed E-state index contributed by atoms with van der Waals surface area (Å²) in [5, 5.41) is 1.77. The minimum Gasteiger partial charge on any atom is -0.302 e. The van der Waals surface area contributed by atoms with Crippen LogP contribution in [0.3, 0.4) is 0 Å². The Balaban J connectivity index is 2.74. The number of alkyl halides is 6. The summed E-state index contributed by atoms with van der Waals surface area (Å²) < 4.78 is 85.3. The summed E-state index contributed by atoms with van der Waals surface area (Å²) in [5.74, 6) is -2.60. The normalized spacial score (nSPS) is 12.6. The Labute approximate surface area is 108 Å². The standard InChI is InChI=1S/C11H8F7NO/c12-8-3-6(1-2-7(8)11(16,17)18)9(20)4-19-5-10(13,14)15/h1-3,19H,4-5H2. The monoisotopic (exact) mass is 303 g/mol. The highest BCUT2D eigenvalue weighted by Gasteiger charge is 2.34. The third kappa shape index (κ3) is 4.80. The molecular formula is C11H8F7NO. The Hall–Kier alpha value is -1.64. The molecule has 112 valence electrons. The van der Waals surface area contributed by atoms with Gasteiger partial charge in [-0.15, -0.1) is 0 Å². The SMILES string of the molecule is O=C(CNCC(F)(F)F)c1ccc(C(F)(F)F)c(F)c1. The van der Waals surface area contributed by atoms with Gasteiger partial charge in [0.25, 0.3) is 0 Å². The van der Waals surface area contributed by atoms with Crippen LogP contribution in [-0.4, -0.2) is 25.0 Å². The van der Waals surface area contributed by atoms with Gasteiger partial charge < -0.3 is 5.32 Å². The molecule has 1 rings (SSSR count). The first kappa shape index (κ1) is 16.4. The van der Waals surface area contributed by atoms with Crippen molar-refractivity contribution in [1.29, 1.82) is 0 Å². The third-order valence-electron chi connectivity index (χ3n) is 2.21. The molecule has 0 radical (unpaired) electrons. The van der Waals surface area contributed by atoms with Gasteiger partial charge in [-0.2, -0.15) is 26.3 Å². The molecule has 1 N–H and O–H groups in total. The number of halogens is 7. The number of carbonyl (C=O) groups excluding carboxylic acids is 1. The van der Waals surface area contributed by atoms with Crippen molar-refractivity contribution in [1.82, 2.24) is 5.32 Å². The van der Waals surface area contributed by atoms with E-state index in [1.54, 1.807) is 5.32 Å². The van der Waals surface area contributed by atoms with Crippen molar-refractivity contribution in [2.75, 3.05) is 13.1 Å². The fraction of sp³-hybridized carbons (Fsp3) is 0.364. The summed E-state index contributed by atoms with van der Waals surface area (Å²) in [5.41, 5.74) is -1.98. The lowest BCUT2D eigenvalue weighted by Crippen LogP contribution is -2.32. The van der Waals surface area contributed by atoms with E-state index < -0.39 is 48.2 Å². The topological polar surface area (TPSA) is 29.1 Å². The Morgan fingerprint density at radius 2 is 1.70 bits per heavy atom. The number of ketones is 1. The van der Waals surface area contributed by atoms with Crippen molar-refractivity contribution < 1.29 is 35.5 Å². The maximum atomic E-state index is 13.1. The van der Waals surface area contributed by atoms with Crippen LogP contribution in [0.4, 0.5) is 30.7 Å². The second-order valence-corrected chi connectivity index (χ2v) is 3.83. The van der Waals surface area contributed by atoms with Gasteiger partial charge in [0.1, 0.15) is 5.82 Å². The highest BCUT2D eigenvalue weighted by molar-refractivity contribution is 5.97. The average Bonchev–Trinajstić information content (AvgIpc) is 2.25. The molecule has 2 nitrogen and oxygen atoms in total. The predicted molar refractivity (Wildman–Crippen MR) is 54.7 cm³/mol. The Morgan fingerprint density at radius 1 is 1.10 bits per heavy atom. The van der Waals surface area contributed by atoms with Gasteiger partial charge in [-0.1, -0.05) is 6.07 Å². The second kappa shape index (κ2) is 5.78. The van der Waals surface area contributed by atoms with Crippen molar-refractivity contribution in [3.8, 4) is 0 Å². The molecule has 0 saturated carbocycles. The molecule has 0 spiro atoms. The lowest BCUT2D eigenvalue weighted by Gasteiger charge is -2.10. The zero-order valence-corrected chi connectivity index (χ0v) is 9.70. The smallest absolute Gasteiger partial charge is 0.302 e. The fourth-order valence-corrected chi connectivity index (χ4v) is 1.34. The second-order valence-electron chi connectivity index (χ2n) is 3.83. The number of hydrogen-bond acceptors (Lipinski definition) is 2. The van der Waals surface area contributed by atoms with E-state index in [1.165, 1.54) is 0 Å². The van der Waals surface area contributed by atoms with E-state index in [0.717, 1.165) is 0 Å². The highest BCUT2D eigenvalue weighted by atomic mass is 19.4. The number of benzene rings is 1. The van der Waals surface area contributed by atoms with Gasteiger partial charge in [0.15, 0.2) is 5.78 Å². The summed E-state index contributed by atoms with van der Waals surface area (Å²) in [7, 11) is 0. The molecule has 0 aliphatic rings. The summed E-state index contributed by atoms with van der Waals surface area (Å²) in [4.78, 5) is 11.4. The Kier molecular flexibility index (Phi) is 4.74. The number of carbonyl (C=O) groups is 1. The predicted octanol–water partition coefficient (Wildman–Crippen LogP) is 3.18. The largest absolute Gasteiger partial charge is 0.419 e. The van der Waals surface area contributed by atoms with Crippen LogP contribution in [0.5, 0.6) is 0 Å². The van der Waals surface area contributed by atoms with Crippen LogP contribution in [0.1, 0.15) is 15.9 Å². The molecule has 1 aromatic rings. The Bertz CT molecular complexity index is 493. The number of hydrogen-bond donors (Lipinski definition) is 1. The number of Topliss-reactive ketones (excluding diaryl/α,β-unsaturated/α-hetero) is 1. The number of rotatable bonds is 4. The highest BCUT2D eigenvalue weighted by Crippen LogP contribution is 2.31. The molecule has 0 aromatic heterocycles. The minimum absolute atomic E-state index is 0.348. The molecule has 9 heteroatoms. The van der Waals surface area contributed by atoms with Gasteiger partial charge in [0.2, 0.25) is 0 Å². The molecule has 1 aromatic carbocycles. The van der Waals surface area contributed by atoms with Crippen molar-refractivity contribution in [3.63, 3.8) is 0 Å². The fourth-order valence-electron chi connectivity index (χ4n) is 1.34. The van der Waals surface area contributed by atoms with E-state index in [0.29, 0.717) is 18.2 Å². The van der Waals surface area contributed by atoms with E-state index in [4.69, 9.17) is 0 Å². The summed E-state index contributed by atoms with van der Waals surface area (Å²) >= 11 is 0. The molecule has 0 atom stereocenters. The van der Waals surface area contributed by atoms with Gasteiger partial charge in [-0.3, -0.25) is 4.79 Å². The van der Waals surface area contributed by atoms with Gasteiger partial charge >= 0.3 is 12.4 Å².